The maximum atomic E-state index is 14.0. The summed E-state index contributed by atoms with van der Waals surface area (Å²) in [5.41, 5.74) is 4.42. The van der Waals surface area contributed by atoms with Crippen molar-refractivity contribution in [1.82, 2.24) is 14.9 Å². The molecule has 2 aromatic carbocycles. The number of aromatic amines is 1. The van der Waals surface area contributed by atoms with Gasteiger partial charge in [0.2, 0.25) is 4.77 Å². The van der Waals surface area contributed by atoms with E-state index in [-0.39, 0.29) is 6.61 Å². The first kappa shape index (κ1) is 21.6. The predicted molar refractivity (Wildman–Crippen MR) is 116 cm³/mol. The van der Waals surface area contributed by atoms with Gasteiger partial charge in [-0.05, 0) is 55.9 Å². The summed E-state index contributed by atoms with van der Waals surface area (Å²) in [5, 5.41) is 7.11. The van der Waals surface area contributed by atoms with Gasteiger partial charge in [-0.1, -0.05) is 33.6 Å². The van der Waals surface area contributed by atoms with Gasteiger partial charge in [-0.2, -0.15) is 5.10 Å². The summed E-state index contributed by atoms with van der Waals surface area (Å²) in [4.78, 5) is 0. The first-order valence-electron chi connectivity index (χ1n) is 8.79. The maximum Gasteiger partial charge on any atom is 0.214 e. The second-order valence-electron chi connectivity index (χ2n) is 6.06. The lowest BCUT2D eigenvalue weighted by atomic mass is 10.2. The largest absolute Gasteiger partial charge is 0.490 e. The molecule has 1 heterocycles. The highest BCUT2D eigenvalue weighted by molar-refractivity contribution is 9.10. The van der Waals surface area contributed by atoms with E-state index in [0.717, 1.165) is 15.9 Å². The van der Waals surface area contributed by atoms with Crippen molar-refractivity contribution in [3.05, 3.63) is 67.4 Å². The van der Waals surface area contributed by atoms with Crippen LogP contribution in [0.1, 0.15) is 23.9 Å². The number of halogens is 3. The van der Waals surface area contributed by atoms with Gasteiger partial charge >= 0.3 is 0 Å². The number of H-pyrrole nitrogens is 1. The Hall–Kier alpha value is -2.10. The Morgan fingerprint density at radius 2 is 2.07 bits per heavy atom. The van der Waals surface area contributed by atoms with Crippen LogP contribution in [0.15, 0.2) is 34.8 Å². The summed E-state index contributed by atoms with van der Waals surface area (Å²) < 4.78 is 28.5. The van der Waals surface area contributed by atoms with Crippen molar-refractivity contribution in [2.24, 2.45) is 0 Å². The molecule has 0 bridgehead atoms. The molecule has 0 amide bonds. The SMILES string of the molecule is CCOc1cc(CNn2c(C)n[nH]c2=S)c(Br)cc1OCc1c(F)cccc1Cl. The smallest absolute Gasteiger partial charge is 0.214 e. The molecule has 3 aromatic rings. The maximum absolute atomic E-state index is 14.0. The zero-order valence-corrected chi connectivity index (χ0v) is 18.9. The molecule has 0 saturated heterocycles. The second kappa shape index (κ2) is 9.60. The molecule has 0 aliphatic rings. The molecule has 154 valence electrons. The number of aryl methyl sites for hydroxylation is 1. The molecule has 0 unspecified atom stereocenters. The number of rotatable bonds is 8. The lowest BCUT2D eigenvalue weighted by Gasteiger charge is -2.16. The highest BCUT2D eigenvalue weighted by Gasteiger charge is 2.14. The van der Waals surface area contributed by atoms with E-state index in [9.17, 15) is 4.39 Å². The van der Waals surface area contributed by atoms with Crippen molar-refractivity contribution in [3.63, 3.8) is 0 Å². The Labute approximate surface area is 186 Å². The van der Waals surface area contributed by atoms with E-state index in [1.807, 2.05) is 19.9 Å². The Morgan fingerprint density at radius 3 is 2.72 bits per heavy atom. The summed E-state index contributed by atoms with van der Waals surface area (Å²) in [6.45, 7) is 4.63. The number of ether oxygens (including phenoxy) is 2. The van der Waals surface area contributed by atoms with E-state index >= 15 is 0 Å². The molecular weight excluding hydrogens is 483 g/mol. The molecule has 0 saturated carbocycles. The monoisotopic (exact) mass is 500 g/mol. The quantitative estimate of drug-likeness (QED) is 0.398. The van der Waals surface area contributed by atoms with Crippen LogP contribution < -0.4 is 14.9 Å². The van der Waals surface area contributed by atoms with E-state index in [1.54, 1.807) is 22.9 Å². The zero-order chi connectivity index (χ0) is 21.0. The van der Waals surface area contributed by atoms with Crippen LogP contribution in [-0.2, 0) is 13.2 Å². The lowest BCUT2D eigenvalue weighted by Crippen LogP contribution is -2.16. The van der Waals surface area contributed by atoms with Crippen LogP contribution >= 0.6 is 39.7 Å². The third-order valence-electron chi connectivity index (χ3n) is 4.11. The van der Waals surface area contributed by atoms with Gasteiger partial charge in [-0.3, -0.25) is 5.10 Å². The molecule has 6 nitrogen and oxygen atoms in total. The molecule has 0 spiro atoms. The normalized spacial score (nSPS) is 10.8. The average Bonchev–Trinajstić information content (AvgIpc) is 3.00. The molecule has 0 fully saturated rings. The summed E-state index contributed by atoms with van der Waals surface area (Å²) in [6.07, 6.45) is 0. The summed E-state index contributed by atoms with van der Waals surface area (Å²) in [6, 6.07) is 8.18. The van der Waals surface area contributed by atoms with Gasteiger partial charge < -0.3 is 14.9 Å². The summed E-state index contributed by atoms with van der Waals surface area (Å²) in [5.74, 6) is 1.34. The van der Waals surface area contributed by atoms with Crippen LogP contribution in [0.25, 0.3) is 0 Å². The number of hydrogen-bond acceptors (Lipinski definition) is 5. The van der Waals surface area contributed by atoms with E-state index in [0.29, 0.717) is 40.0 Å². The van der Waals surface area contributed by atoms with Crippen LogP contribution in [0.3, 0.4) is 0 Å². The average molecular weight is 502 g/mol. The van der Waals surface area contributed by atoms with Crippen molar-refractivity contribution < 1.29 is 13.9 Å². The molecular formula is C19H19BrClFN4O2S. The molecule has 1 aromatic heterocycles. The van der Waals surface area contributed by atoms with Crippen LogP contribution in [0.2, 0.25) is 5.02 Å². The van der Waals surface area contributed by atoms with E-state index < -0.39 is 5.82 Å². The van der Waals surface area contributed by atoms with Crippen LogP contribution in [-0.4, -0.2) is 21.5 Å². The van der Waals surface area contributed by atoms with Crippen molar-refractivity contribution in [2.45, 2.75) is 27.0 Å². The molecule has 29 heavy (non-hydrogen) atoms. The van der Waals surface area contributed by atoms with Crippen molar-refractivity contribution in [2.75, 3.05) is 12.0 Å². The zero-order valence-electron chi connectivity index (χ0n) is 15.8. The third kappa shape index (κ3) is 5.09. The summed E-state index contributed by atoms with van der Waals surface area (Å²) >= 11 is 14.8. The van der Waals surface area contributed by atoms with Crippen LogP contribution in [0.5, 0.6) is 11.5 Å². The van der Waals surface area contributed by atoms with E-state index in [4.69, 9.17) is 33.3 Å². The number of benzene rings is 2. The molecule has 2 N–H and O–H groups in total. The van der Waals surface area contributed by atoms with Crippen molar-refractivity contribution >= 4 is 39.7 Å². The van der Waals surface area contributed by atoms with Gasteiger partial charge in [0, 0.05) is 10.0 Å². The van der Waals surface area contributed by atoms with Crippen LogP contribution in [0, 0.1) is 17.5 Å². The molecule has 0 atom stereocenters. The topological polar surface area (TPSA) is 64.1 Å². The van der Waals surface area contributed by atoms with Gasteiger partial charge in [0.1, 0.15) is 18.2 Å². The van der Waals surface area contributed by atoms with Gasteiger partial charge in [-0.15, -0.1) is 0 Å². The Balaban J connectivity index is 1.81. The fourth-order valence-corrected chi connectivity index (χ4v) is 3.56. The summed E-state index contributed by atoms with van der Waals surface area (Å²) in [7, 11) is 0. The standard InChI is InChI=1S/C19H19BrClFN4O2S/c1-3-27-17-7-12(9-23-26-11(2)24-25-19(26)29)14(20)8-18(17)28-10-13-15(21)5-4-6-16(13)22/h4-8,23H,3,9-10H2,1-2H3,(H,25,29). The molecule has 0 aliphatic heterocycles. The van der Waals surface area contributed by atoms with Gasteiger partial charge in [0.05, 0.1) is 18.2 Å². The fraction of sp³-hybridized carbons (Fsp3) is 0.263. The molecule has 0 aliphatic carbocycles. The third-order valence-corrected chi connectivity index (χ3v) is 5.48. The number of hydrogen-bond donors (Lipinski definition) is 2. The van der Waals surface area contributed by atoms with Crippen LogP contribution in [0.4, 0.5) is 4.39 Å². The molecule has 3 rings (SSSR count). The van der Waals surface area contributed by atoms with Gasteiger partial charge in [-0.25, -0.2) is 9.07 Å². The Bertz CT molecular complexity index is 1050. The first-order valence-corrected chi connectivity index (χ1v) is 10.4. The Kier molecular flexibility index (Phi) is 7.15. The minimum Gasteiger partial charge on any atom is -0.490 e. The number of aromatic nitrogens is 3. The highest BCUT2D eigenvalue weighted by Crippen LogP contribution is 2.35. The van der Waals surface area contributed by atoms with E-state index in [2.05, 4.69) is 31.6 Å². The Morgan fingerprint density at radius 1 is 1.31 bits per heavy atom. The van der Waals surface area contributed by atoms with Crippen molar-refractivity contribution in [3.8, 4) is 11.5 Å². The number of nitrogens with one attached hydrogen (secondary N) is 2. The van der Waals surface area contributed by atoms with Crippen molar-refractivity contribution in [1.29, 1.82) is 0 Å². The highest BCUT2D eigenvalue weighted by atomic mass is 79.9. The van der Waals surface area contributed by atoms with Gasteiger partial charge in [0.25, 0.3) is 0 Å². The minimum absolute atomic E-state index is 0.0149. The lowest BCUT2D eigenvalue weighted by molar-refractivity contribution is 0.265. The predicted octanol–water partition coefficient (Wildman–Crippen LogP) is 5.53. The molecule has 10 heteroatoms. The first-order chi connectivity index (χ1) is 13.9. The minimum atomic E-state index is -0.414. The second-order valence-corrected chi connectivity index (χ2v) is 7.71. The number of nitrogens with zero attached hydrogens (tertiary/aromatic N) is 2. The van der Waals surface area contributed by atoms with E-state index in [1.165, 1.54) is 6.07 Å². The van der Waals surface area contributed by atoms with Gasteiger partial charge in [0.15, 0.2) is 11.5 Å². The fourth-order valence-electron chi connectivity index (χ4n) is 2.64. The molecule has 0 radical (unpaired) electrons.